The lowest BCUT2D eigenvalue weighted by atomic mass is 10.2. The van der Waals surface area contributed by atoms with Crippen molar-refractivity contribution in [2.24, 2.45) is 0 Å². The first-order chi connectivity index (χ1) is 12.1. The van der Waals surface area contributed by atoms with Crippen molar-refractivity contribution in [2.45, 2.75) is 6.54 Å². The summed E-state index contributed by atoms with van der Waals surface area (Å²) in [6.07, 6.45) is 3.09. The Morgan fingerprint density at radius 2 is 1.72 bits per heavy atom. The molecule has 1 amide bonds. The number of hydrogen-bond donors (Lipinski definition) is 1. The molecular formula is C18H14FN3O3. The van der Waals surface area contributed by atoms with Gasteiger partial charge < -0.3 is 10.1 Å². The highest BCUT2D eigenvalue weighted by Crippen LogP contribution is 2.11. The average molecular weight is 339 g/mol. The highest BCUT2D eigenvalue weighted by atomic mass is 19.1. The van der Waals surface area contributed by atoms with Crippen molar-refractivity contribution in [2.75, 3.05) is 6.61 Å². The molecule has 0 aliphatic heterocycles. The van der Waals surface area contributed by atoms with E-state index in [4.69, 9.17) is 4.74 Å². The molecule has 0 saturated carbocycles. The van der Waals surface area contributed by atoms with Gasteiger partial charge in [-0.3, -0.25) is 14.8 Å². The van der Waals surface area contributed by atoms with Gasteiger partial charge in [-0.2, -0.15) is 0 Å². The smallest absolute Gasteiger partial charge is 0.338 e. The van der Waals surface area contributed by atoms with Crippen LogP contribution in [0.25, 0.3) is 11.0 Å². The summed E-state index contributed by atoms with van der Waals surface area (Å²) in [6.45, 7) is -0.180. The zero-order valence-corrected chi connectivity index (χ0v) is 13.1. The maximum atomic E-state index is 12.8. The Bertz CT molecular complexity index is 913. The number of nitrogens with one attached hydrogen (secondary N) is 1. The Labute approximate surface area is 142 Å². The Hall–Kier alpha value is -3.35. The summed E-state index contributed by atoms with van der Waals surface area (Å²) < 4.78 is 17.8. The van der Waals surface area contributed by atoms with Gasteiger partial charge in [0.05, 0.1) is 16.6 Å². The number of esters is 1. The number of carbonyl (C=O) groups is 2. The van der Waals surface area contributed by atoms with Crippen LogP contribution in [0.4, 0.5) is 4.39 Å². The molecule has 0 aliphatic carbocycles. The van der Waals surface area contributed by atoms with E-state index >= 15 is 0 Å². The highest BCUT2D eigenvalue weighted by molar-refractivity contribution is 5.94. The summed E-state index contributed by atoms with van der Waals surface area (Å²) in [5.74, 6) is -1.41. The first-order valence-corrected chi connectivity index (χ1v) is 7.51. The molecule has 1 aromatic heterocycles. The van der Waals surface area contributed by atoms with Gasteiger partial charge in [0.1, 0.15) is 5.82 Å². The summed E-state index contributed by atoms with van der Waals surface area (Å²) in [6, 6.07) is 10.5. The summed E-state index contributed by atoms with van der Waals surface area (Å²) in [7, 11) is 0. The lowest BCUT2D eigenvalue weighted by Gasteiger charge is -2.07. The van der Waals surface area contributed by atoms with Crippen molar-refractivity contribution in [3.05, 3.63) is 71.8 Å². The minimum Gasteiger partial charge on any atom is -0.452 e. The molecule has 2 aromatic carbocycles. The Kier molecular flexibility index (Phi) is 4.94. The van der Waals surface area contributed by atoms with Gasteiger partial charge in [0.25, 0.3) is 5.91 Å². The van der Waals surface area contributed by atoms with Crippen LogP contribution < -0.4 is 5.32 Å². The van der Waals surface area contributed by atoms with Crippen LogP contribution in [0.3, 0.4) is 0 Å². The number of rotatable bonds is 5. The number of fused-ring (bicyclic) bond motifs is 1. The van der Waals surface area contributed by atoms with Crippen LogP contribution in [-0.4, -0.2) is 28.5 Å². The number of nitrogens with zero attached hydrogens (tertiary/aromatic N) is 2. The monoisotopic (exact) mass is 339 g/mol. The van der Waals surface area contributed by atoms with Crippen LogP contribution in [0.1, 0.15) is 15.9 Å². The quantitative estimate of drug-likeness (QED) is 0.721. The summed E-state index contributed by atoms with van der Waals surface area (Å²) in [5.41, 5.74) is 2.27. The van der Waals surface area contributed by atoms with E-state index in [1.54, 1.807) is 36.5 Å². The molecule has 25 heavy (non-hydrogen) atoms. The number of carbonyl (C=O) groups excluding carboxylic acids is 2. The topological polar surface area (TPSA) is 81.2 Å². The normalized spacial score (nSPS) is 10.4. The molecule has 1 N–H and O–H groups in total. The van der Waals surface area contributed by atoms with Gasteiger partial charge >= 0.3 is 5.97 Å². The van der Waals surface area contributed by atoms with E-state index in [9.17, 15) is 14.0 Å². The molecule has 3 aromatic rings. The second-order valence-electron chi connectivity index (χ2n) is 5.24. The van der Waals surface area contributed by atoms with Gasteiger partial charge in [-0.1, -0.05) is 12.1 Å². The zero-order valence-electron chi connectivity index (χ0n) is 13.1. The Morgan fingerprint density at radius 1 is 1.00 bits per heavy atom. The van der Waals surface area contributed by atoms with Crippen LogP contribution in [0.5, 0.6) is 0 Å². The minimum absolute atomic E-state index is 0.224. The Balaban J connectivity index is 1.52. The number of aromatic nitrogens is 2. The number of benzene rings is 2. The molecule has 0 saturated heterocycles. The van der Waals surface area contributed by atoms with E-state index in [2.05, 4.69) is 15.3 Å². The number of hydrogen-bond acceptors (Lipinski definition) is 5. The molecule has 0 atom stereocenters. The molecule has 6 nitrogen and oxygen atoms in total. The highest BCUT2D eigenvalue weighted by Gasteiger charge is 2.11. The van der Waals surface area contributed by atoms with Crippen molar-refractivity contribution >= 4 is 22.9 Å². The third-order valence-electron chi connectivity index (χ3n) is 3.44. The van der Waals surface area contributed by atoms with E-state index < -0.39 is 18.5 Å². The van der Waals surface area contributed by atoms with Gasteiger partial charge in [0.2, 0.25) is 0 Å². The van der Waals surface area contributed by atoms with Crippen molar-refractivity contribution < 1.29 is 18.7 Å². The lowest BCUT2D eigenvalue weighted by Crippen LogP contribution is -2.28. The first kappa shape index (κ1) is 16.5. The number of amides is 1. The first-order valence-electron chi connectivity index (χ1n) is 7.51. The molecule has 0 spiro atoms. The van der Waals surface area contributed by atoms with Crippen LogP contribution in [0.15, 0.2) is 54.9 Å². The largest absolute Gasteiger partial charge is 0.452 e. The maximum absolute atomic E-state index is 12.8. The van der Waals surface area contributed by atoms with E-state index in [0.717, 1.165) is 5.56 Å². The molecule has 0 unspecified atom stereocenters. The van der Waals surface area contributed by atoms with E-state index in [1.165, 1.54) is 18.3 Å². The summed E-state index contributed by atoms with van der Waals surface area (Å²) >= 11 is 0. The Morgan fingerprint density at radius 3 is 2.48 bits per heavy atom. The predicted molar refractivity (Wildman–Crippen MR) is 88.1 cm³/mol. The molecule has 1 heterocycles. The maximum Gasteiger partial charge on any atom is 0.338 e. The van der Waals surface area contributed by atoms with Gasteiger partial charge in [0, 0.05) is 18.9 Å². The summed E-state index contributed by atoms with van der Waals surface area (Å²) in [4.78, 5) is 32.0. The molecule has 126 valence electrons. The van der Waals surface area contributed by atoms with Crippen molar-refractivity contribution in [1.82, 2.24) is 15.3 Å². The standard InChI is InChI=1S/C18H14FN3O3/c19-14-4-1-12(2-5-14)10-22-17(23)11-25-18(24)13-3-6-15-16(9-13)21-8-7-20-15/h1-9H,10-11H2,(H,22,23). The third-order valence-corrected chi connectivity index (χ3v) is 3.44. The van der Waals surface area contributed by atoms with E-state index in [0.29, 0.717) is 16.6 Å². The molecular weight excluding hydrogens is 325 g/mol. The van der Waals surface area contributed by atoms with E-state index in [1.807, 2.05) is 0 Å². The van der Waals surface area contributed by atoms with Crippen LogP contribution in [-0.2, 0) is 16.1 Å². The van der Waals surface area contributed by atoms with Gasteiger partial charge in [0.15, 0.2) is 6.61 Å². The van der Waals surface area contributed by atoms with Gasteiger partial charge in [-0.15, -0.1) is 0 Å². The molecule has 0 bridgehead atoms. The number of halogens is 1. The van der Waals surface area contributed by atoms with Crippen LogP contribution >= 0.6 is 0 Å². The van der Waals surface area contributed by atoms with Crippen molar-refractivity contribution in [1.29, 1.82) is 0 Å². The van der Waals surface area contributed by atoms with Crippen molar-refractivity contribution in [3.8, 4) is 0 Å². The third kappa shape index (κ3) is 4.35. The molecule has 0 radical (unpaired) electrons. The minimum atomic E-state index is -0.621. The fraction of sp³-hybridized carbons (Fsp3) is 0.111. The van der Waals surface area contributed by atoms with Gasteiger partial charge in [-0.05, 0) is 35.9 Å². The fourth-order valence-electron chi connectivity index (χ4n) is 2.16. The second kappa shape index (κ2) is 7.48. The molecule has 0 aliphatic rings. The van der Waals surface area contributed by atoms with Crippen LogP contribution in [0.2, 0.25) is 0 Å². The molecule has 7 heteroatoms. The lowest BCUT2D eigenvalue weighted by molar-refractivity contribution is -0.124. The van der Waals surface area contributed by atoms with Crippen molar-refractivity contribution in [3.63, 3.8) is 0 Å². The summed E-state index contributed by atoms with van der Waals surface area (Å²) in [5, 5.41) is 2.59. The molecule has 3 rings (SSSR count). The zero-order chi connectivity index (χ0) is 17.6. The SMILES string of the molecule is O=C(COC(=O)c1ccc2nccnc2c1)NCc1ccc(F)cc1. The van der Waals surface area contributed by atoms with Crippen LogP contribution in [0, 0.1) is 5.82 Å². The fourth-order valence-corrected chi connectivity index (χ4v) is 2.16. The second-order valence-corrected chi connectivity index (χ2v) is 5.24. The number of ether oxygens (including phenoxy) is 1. The molecule has 0 fully saturated rings. The predicted octanol–water partition coefficient (Wildman–Crippen LogP) is 2.24. The van der Waals surface area contributed by atoms with Gasteiger partial charge in [-0.25, -0.2) is 9.18 Å². The average Bonchev–Trinajstić information content (AvgIpc) is 2.65. The van der Waals surface area contributed by atoms with E-state index in [-0.39, 0.29) is 12.4 Å².